The van der Waals surface area contributed by atoms with E-state index < -0.39 is 10.0 Å². The van der Waals surface area contributed by atoms with Crippen molar-refractivity contribution in [3.05, 3.63) is 107 Å². The molecule has 30 heavy (non-hydrogen) atoms. The quantitative estimate of drug-likeness (QED) is 0.602. The van der Waals surface area contributed by atoms with E-state index in [0.717, 1.165) is 28.5 Å². The molecule has 0 aliphatic rings. The number of nitrogens with one attached hydrogen (secondary N) is 1. The molecule has 0 radical (unpaired) electrons. The number of hydrogen-bond acceptors (Lipinski definition) is 3. The highest BCUT2D eigenvalue weighted by molar-refractivity contribution is 7.88. The first-order chi connectivity index (χ1) is 14.3. The number of nitrogens with zero attached hydrogens (tertiary/aromatic N) is 1. The SMILES string of the molecule is Cc1ccc([C@H](NC(=O)CN(Cc2ccccc2)S(C)(=O)=O)c2ccccc2)cc1. The average molecular weight is 423 g/mol. The van der Waals surface area contributed by atoms with Crippen molar-refractivity contribution in [1.29, 1.82) is 0 Å². The molecule has 0 bridgehead atoms. The molecule has 5 nitrogen and oxygen atoms in total. The second-order valence-corrected chi connectivity index (χ2v) is 9.32. The van der Waals surface area contributed by atoms with Crippen LogP contribution in [0.15, 0.2) is 84.9 Å². The second-order valence-electron chi connectivity index (χ2n) is 7.34. The van der Waals surface area contributed by atoms with Gasteiger partial charge in [-0.25, -0.2) is 8.42 Å². The highest BCUT2D eigenvalue weighted by Gasteiger charge is 2.23. The Labute approximate surface area is 178 Å². The van der Waals surface area contributed by atoms with Crippen LogP contribution in [0.3, 0.4) is 0 Å². The molecule has 1 amide bonds. The molecule has 0 heterocycles. The third-order valence-electron chi connectivity index (χ3n) is 4.84. The lowest BCUT2D eigenvalue weighted by molar-refractivity contribution is -0.121. The van der Waals surface area contributed by atoms with Gasteiger partial charge in [0.15, 0.2) is 0 Å². The molecule has 0 unspecified atom stereocenters. The molecule has 3 aromatic carbocycles. The highest BCUT2D eigenvalue weighted by atomic mass is 32.2. The molecule has 6 heteroatoms. The molecule has 0 aromatic heterocycles. The molecule has 156 valence electrons. The van der Waals surface area contributed by atoms with Gasteiger partial charge in [-0.1, -0.05) is 90.5 Å². The van der Waals surface area contributed by atoms with E-state index in [-0.39, 0.29) is 25.0 Å². The van der Waals surface area contributed by atoms with Crippen LogP contribution in [-0.4, -0.2) is 31.4 Å². The Hall–Kier alpha value is -2.96. The van der Waals surface area contributed by atoms with E-state index in [9.17, 15) is 13.2 Å². The normalized spacial score (nSPS) is 12.5. The van der Waals surface area contributed by atoms with Gasteiger partial charge in [0.25, 0.3) is 0 Å². The number of carbonyl (C=O) groups is 1. The predicted octanol–water partition coefficient (Wildman–Crippen LogP) is 3.66. The Morgan fingerprint density at radius 3 is 1.97 bits per heavy atom. The van der Waals surface area contributed by atoms with Crippen molar-refractivity contribution in [2.24, 2.45) is 0 Å². The van der Waals surface area contributed by atoms with Gasteiger partial charge in [0.05, 0.1) is 18.8 Å². The third kappa shape index (κ3) is 6.02. The van der Waals surface area contributed by atoms with Gasteiger partial charge in [-0.2, -0.15) is 4.31 Å². The maximum absolute atomic E-state index is 12.9. The summed E-state index contributed by atoms with van der Waals surface area (Å²) >= 11 is 0. The van der Waals surface area contributed by atoms with E-state index in [1.807, 2.05) is 91.9 Å². The van der Waals surface area contributed by atoms with E-state index in [4.69, 9.17) is 0 Å². The summed E-state index contributed by atoms with van der Waals surface area (Å²) in [5.74, 6) is -0.356. The monoisotopic (exact) mass is 422 g/mol. The molecule has 3 rings (SSSR count). The van der Waals surface area contributed by atoms with E-state index in [1.54, 1.807) is 0 Å². The lowest BCUT2D eigenvalue weighted by atomic mass is 9.98. The summed E-state index contributed by atoms with van der Waals surface area (Å²) in [7, 11) is -3.56. The largest absolute Gasteiger partial charge is 0.344 e. The fourth-order valence-corrected chi connectivity index (χ4v) is 3.94. The van der Waals surface area contributed by atoms with Gasteiger partial charge >= 0.3 is 0 Å². The number of amides is 1. The number of hydrogen-bond donors (Lipinski definition) is 1. The molecule has 0 saturated heterocycles. The Bertz CT molecular complexity index is 1070. The van der Waals surface area contributed by atoms with Crippen LogP contribution in [0, 0.1) is 6.92 Å². The highest BCUT2D eigenvalue weighted by Crippen LogP contribution is 2.22. The Kier molecular flexibility index (Phi) is 7.03. The van der Waals surface area contributed by atoms with Gasteiger partial charge in [0.2, 0.25) is 15.9 Å². The fourth-order valence-electron chi connectivity index (χ4n) is 3.21. The van der Waals surface area contributed by atoms with Crippen molar-refractivity contribution in [1.82, 2.24) is 9.62 Å². The van der Waals surface area contributed by atoms with Gasteiger partial charge in [0, 0.05) is 6.54 Å². The van der Waals surface area contributed by atoms with E-state index >= 15 is 0 Å². The lowest BCUT2D eigenvalue weighted by Gasteiger charge is -2.23. The first kappa shape index (κ1) is 21.7. The molecule has 1 N–H and O–H groups in total. The summed E-state index contributed by atoms with van der Waals surface area (Å²) in [6.07, 6.45) is 1.12. The van der Waals surface area contributed by atoms with Crippen LogP contribution >= 0.6 is 0 Å². The smallest absolute Gasteiger partial charge is 0.236 e. The maximum Gasteiger partial charge on any atom is 0.236 e. The standard InChI is InChI=1S/C24H26N2O3S/c1-19-13-15-22(16-14-19)24(21-11-7-4-8-12-21)25-23(27)18-26(30(2,28)29)17-20-9-5-3-6-10-20/h3-16,24H,17-18H2,1-2H3,(H,25,27)/t24-/m1/s1. The van der Waals surface area contributed by atoms with Gasteiger partial charge in [0.1, 0.15) is 0 Å². The minimum Gasteiger partial charge on any atom is -0.344 e. The van der Waals surface area contributed by atoms with Crippen molar-refractivity contribution < 1.29 is 13.2 Å². The number of carbonyl (C=O) groups excluding carboxylic acids is 1. The molecular formula is C24H26N2O3S. The molecular weight excluding hydrogens is 396 g/mol. The number of sulfonamides is 1. The molecule has 0 aliphatic heterocycles. The van der Waals surface area contributed by atoms with Crippen LogP contribution in [0.1, 0.15) is 28.3 Å². The zero-order chi connectivity index (χ0) is 21.6. The average Bonchev–Trinajstić information content (AvgIpc) is 2.73. The van der Waals surface area contributed by atoms with Crippen LogP contribution in [0.2, 0.25) is 0 Å². The zero-order valence-electron chi connectivity index (χ0n) is 17.2. The lowest BCUT2D eigenvalue weighted by Crippen LogP contribution is -2.41. The summed E-state index contributed by atoms with van der Waals surface area (Å²) in [5, 5.41) is 3.01. The summed E-state index contributed by atoms with van der Waals surface area (Å²) in [4.78, 5) is 12.9. The minimum absolute atomic E-state index is 0.146. The van der Waals surface area contributed by atoms with Gasteiger partial charge in [-0.15, -0.1) is 0 Å². The molecule has 3 aromatic rings. The van der Waals surface area contributed by atoms with E-state index in [1.165, 1.54) is 4.31 Å². The summed E-state index contributed by atoms with van der Waals surface area (Å²) in [6, 6.07) is 26.5. The third-order valence-corrected chi connectivity index (χ3v) is 6.04. The Balaban J connectivity index is 1.81. The van der Waals surface area contributed by atoms with Crippen molar-refractivity contribution in [2.75, 3.05) is 12.8 Å². The Morgan fingerprint density at radius 2 is 1.40 bits per heavy atom. The molecule has 0 aliphatic carbocycles. The molecule has 1 atom stereocenters. The molecule has 0 saturated carbocycles. The van der Waals surface area contributed by atoms with Crippen LogP contribution in [0.4, 0.5) is 0 Å². The fraction of sp³-hybridized carbons (Fsp3) is 0.208. The second kappa shape index (κ2) is 9.69. The zero-order valence-corrected chi connectivity index (χ0v) is 18.0. The number of rotatable bonds is 8. The topological polar surface area (TPSA) is 66.5 Å². The van der Waals surface area contributed by atoms with Crippen molar-refractivity contribution in [3.63, 3.8) is 0 Å². The summed E-state index contributed by atoms with van der Waals surface area (Å²) in [5.41, 5.74) is 3.83. The molecule has 0 fully saturated rings. The van der Waals surface area contributed by atoms with Crippen LogP contribution in [0.5, 0.6) is 0 Å². The van der Waals surface area contributed by atoms with Crippen LogP contribution in [0.25, 0.3) is 0 Å². The first-order valence-corrected chi connectivity index (χ1v) is 11.6. The van der Waals surface area contributed by atoms with Crippen molar-refractivity contribution in [2.45, 2.75) is 19.5 Å². The minimum atomic E-state index is -3.56. The molecule has 0 spiro atoms. The number of benzene rings is 3. The van der Waals surface area contributed by atoms with E-state index in [0.29, 0.717) is 0 Å². The van der Waals surface area contributed by atoms with Crippen molar-refractivity contribution >= 4 is 15.9 Å². The van der Waals surface area contributed by atoms with Gasteiger partial charge in [-0.05, 0) is 23.6 Å². The van der Waals surface area contributed by atoms with Crippen molar-refractivity contribution in [3.8, 4) is 0 Å². The number of aryl methyl sites for hydroxylation is 1. The maximum atomic E-state index is 12.9. The van der Waals surface area contributed by atoms with E-state index in [2.05, 4.69) is 5.32 Å². The van der Waals surface area contributed by atoms with Crippen LogP contribution in [-0.2, 0) is 21.4 Å². The van der Waals surface area contributed by atoms with Gasteiger partial charge < -0.3 is 5.32 Å². The predicted molar refractivity (Wildman–Crippen MR) is 119 cm³/mol. The van der Waals surface area contributed by atoms with Crippen LogP contribution < -0.4 is 5.32 Å². The summed E-state index contributed by atoms with van der Waals surface area (Å²) in [6.45, 7) is 1.91. The Morgan fingerprint density at radius 1 is 0.867 bits per heavy atom. The first-order valence-electron chi connectivity index (χ1n) is 9.73. The van der Waals surface area contributed by atoms with Gasteiger partial charge in [-0.3, -0.25) is 4.79 Å². The summed E-state index contributed by atoms with van der Waals surface area (Å²) < 4.78 is 25.8.